The molecule has 23 heavy (non-hydrogen) atoms. The first-order chi connectivity index (χ1) is 11.2. The van der Waals surface area contributed by atoms with Gasteiger partial charge < -0.3 is 20.3 Å². The highest BCUT2D eigenvalue weighted by molar-refractivity contribution is 6.01. The zero-order valence-corrected chi connectivity index (χ0v) is 12.7. The lowest BCUT2D eigenvalue weighted by molar-refractivity contribution is -0.127. The van der Waals surface area contributed by atoms with Gasteiger partial charge in [-0.1, -0.05) is 30.3 Å². The lowest BCUT2D eigenvalue weighted by Crippen LogP contribution is -2.44. The van der Waals surface area contributed by atoms with E-state index in [-0.39, 0.29) is 24.1 Å². The summed E-state index contributed by atoms with van der Waals surface area (Å²) in [4.78, 5) is 26.6. The van der Waals surface area contributed by atoms with E-state index < -0.39 is 0 Å². The molecule has 0 spiro atoms. The second kappa shape index (κ2) is 5.70. The Hall–Kier alpha value is -2.34. The molecule has 0 radical (unpaired) electrons. The molecule has 0 bridgehead atoms. The summed E-state index contributed by atoms with van der Waals surface area (Å²) < 4.78 is 5.63. The predicted octanol–water partition coefficient (Wildman–Crippen LogP) is 1.32. The number of carbonyl (C=O) groups is 2. The van der Waals surface area contributed by atoms with Crippen molar-refractivity contribution < 1.29 is 14.3 Å². The lowest BCUT2D eigenvalue weighted by Gasteiger charge is -2.25. The maximum absolute atomic E-state index is 12.8. The van der Waals surface area contributed by atoms with Crippen LogP contribution in [0.1, 0.15) is 24.4 Å². The number of benzene rings is 1. The Kier molecular flexibility index (Phi) is 3.53. The topological polar surface area (TPSA) is 70.7 Å². The molecule has 0 aliphatic carbocycles. The summed E-state index contributed by atoms with van der Waals surface area (Å²) >= 11 is 0. The van der Waals surface area contributed by atoms with Gasteiger partial charge in [0, 0.05) is 13.2 Å². The molecule has 3 heterocycles. The fourth-order valence-corrected chi connectivity index (χ4v) is 3.51. The first-order valence-electron chi connectivity index (χ1n) is 7.99. The van der Waals surface area contributed by atoms with Gasteiger partial charge in [-0.05, 0) is 18.4 Å². The van der Waals surface area contributed by atoms with Crippen molar-refractivity contribution in [3.05, 3.63) is 47.2 Å². The number of ether oxygens (including phenoxy) is 1. The average molecular weight is 313 g/mol. The van der Waals surface area contributed by atoms with Gasteiger partial charge >= 0.3 is 6.03 Å². The van der Waals surface area contributed by atoms with Crippen LogP contribution in [0, 0.1) is 0 Å². The Morgan fingerprint density at radius 2 is 2.04 bits per heavy atom. The molecule has 3 aliphatic rings. The third kappa shape index (κ3) is 2.59. The van der Waals surface area contributed by atoms with Gasteiger partial charge in [0.2, 0.25) is 0 Å². The van der Waals surface area contributed by atoms with Crippen molar-refractivity contribution in [2.75, 3.05) is 19.7 Å². The van der Waals surface area contributed by atoms with Crippen molar-refractivity contribution in [3.8, 4) is 0 Å². The molecule has 4 rings (SSSR count). The van der Waals surface area contributed by atoms with E-state index in [1.807, 2.05) is 30.3 Å². The normalized spacial score (nSPS) is 27.0. The maximum atomic E-state index is 12.8. The fourth-order valence-electron chi connectivity index (χ4n) is 3.51. The van der Waals surface area contributed by atoms with Crippen LogP contribution in [-0.4, -0.2) is 42.6 Å². The van der Waals surface area contributed by atoms with Gasteiger partial charge in [0.1, 0.15) is 0 Å². The molecule has 3 aliphatic heterocycles. The first-order valence-corrected chi connectivity index (χ1v) is 7.99. The van der Waals surface area contributed by atoms with Crippen LogP contribution in [0.4, 0.5) is 4.79 Å². The van der Waals surface area contributed by atoms with E-state index in [1.54, 1.807) is 4.90 Å². The Labute approximate surface area is 134 Å². The van der Waals surface area contributed by atoms with Crippen molar-refractivity contribution in [3.63, 3.8) is 0 Å². The fraction of sp³-hybridized carbons (Fsp3) is 0.412. The molecule has 0 saturated carbocycles. The van der Waals surface area contributed by atoms with Gasteiger partial charge in [0.15, 0.2) is 0 Å². The smallest absolute Gasteiger partial charge is 0.319 e. The van der Waals surface area contributed by atoms with Crippen molar-refractivity contribution in [2.24, 2.45) is 0 Å². The number of hydrogen-bond donors (Lipinski definition) is 2. The van der Waals surface area contributed by atoms with Crippen LogP contribution in [0.3, 0.4) is 0 Å². The maximum Gasteiger partial charge on any atom is 0.319 e. The Balaban J connectivity index is 1.59. The molecule has 1 saturated heterocycles. The summed E-state index contributed by atoms with van der Waals surface area (Å²) in [6.45, 7) is 1.80. The van der Waals surface area contributed by atoms with Crippen molar-refractivity contribution in [2.45, 2.75) is 25.0 Å². The van der Waals surface area contributed by atoms with E-state index in [0.717, 1.165) is 25.0 Å². The third-order valence-corrected chi connectivity index (χ3v) is 4.60. The van der Waals surface area contributed by atoms with Gasteiger partial charge in [0.05, 0.1) is 30.0 Å². The number of urea groups is 1. The Bertz CT molecular complexity index is 665. The Morgan fingerprint density at radius 1 is 1.22 bits per heavy atom. The van der Waals surface area contributed by atoms with Gasteiger partial charge in [0.25, 0.3) is 5.91 Å². The molecular formula is C17H19N3O3. The quantitative estimate of drug-likeness (QED) is 0.884. The molecule has 0 aromatic heterocycles. The van der Waals surface area contributed by atoms with Crippen LogP contribution in [0.15, 0.2) is 41.6 Å². The van der Waals surface area contributed by atoms with E-state index in [2.05, 4.69) is 10.6 Å². The zero-order chi connectivity index (χ0) is 15.8. The standard InChI is InChI=1S/C17H19N3O3/c21-16-14-13(10-20(16)9-12-7-4-8-23-12)18-17(22)19-15(14)11-5-2-1-3-6-11/h1-3,5-6,12,15H,4,7-10H2,(H2,18,19,22)/t12-,15+/m1/s1. The second-order valence-electron chi connectivity index (χ2n) is 6.16. The molecular weight excluding hydrogens is 294 g/mol. The minimum atomic E-state index is -0.387. The van der Waals surface area contributed by atoms with E-state index in [1.165, 1.54) is 0 Å². The molecule has 120 valence electrons. The van der Waals surface area contributed by atoms with Crippen molar-refractivity contribution in [1.82, 2.24) is 15.5 Å². The highest BCUT2D eigenvalue weighted by Gasteiger charge is 2.41. The highest BCUT2D eigenvalue weighted by atomic mass is 16.5. The zero-order valence-electron chi connectivity index (χ0n) is 12.7. The molecule has 1 aromatic rings. The van der Waals surface area contributed by atoms with E-state index in [9.17, 15) is 9.59 Å². The SMILES string of the molecule is O=C1NC2=C(C(=O)N(C[C@H]3CCCO3)C2)[C@H](c2ccccc2)N1. The monoisotopic (exact) mass is 313 g/mol. The van der Waals surface area contributed by atoms with Crippen LogP contribution in [-0.2, 0) is 9.53 Å². The molecule has 6 heteroatoms. The number of hydrogen-bond acceptors (Lipinski definition) is 3. The summed E-state index contributed by atoms with van der Waals surface area (Å²) in [6, 6.07) is 8.95. The van der Waals surface area contributed by atoms with E-state index >= 15 is 0 Å². The number of amides is 3. The summed E-state index contributed by atoms with van der Waals surface area (Å²) in [6.07, 6.45) is 2.14. The first kappa shape index (κ1) is 14.3. The molecule has 2 N–H and O–H groups in total. The molecule has 2 atom stereocenters. The molecule has 1 aromatic carbocycles. The van der Waals surface area contributed by atoms with Crippen molar-refractivity contribution >= 4 is 11.9 Å². The summed E-state index contributed by atoms with van der Waals surface area (Å²) in [7, 11) is 0. The largest absolute Gasteiger partial charge is 0.376 e. The number of rotatable bonds is 3. The van der Waals surface area contributed by atoms with Crippen LogP contribution < -0.4 is 10.6 Å². The number of nitrogens with zero attached hydrogens (tertiary/aromatic N) is 1. The predicted molar refractivity (Wildman–Crippen MR) is 83.4 cm³/mol. The summed E-state index contributed by atoms with van der Waals surface area (Å²) in [5.41, 5.74) is 2.28. The van der Waals surface area contributed by atoms with Gasteiger partial charge in [-0.2, -0.15) is 0 Å². The van der Waals surface area contributed by atoms with Crippen molar-refractivity contribution in [1.29, 1.82) is 0 Å². The number of nitrogens with one attached hydrogen (secondary N) is 2. The molecule has 0 unspecified atom stereocenters. The van der Waals surface area contributed by atoms with E-state index in [0.29, 0.717) is 24.4 Å². The van der Waals surface area contributed by atoms with Crippen LogP contribution in [0.25, 0.3) is 0 Å². The lowest BCUT2D eigenvalue weighted by atomic mass is 9.96. The van der Waals surface area contributed by atoms with Gasteiger partial charge in [-0.3, -0.25) is 4.79 Å². The minimum absolute atomic E-state index is 0.0168. The average Bonchev–Trinajstić information content (AvgIpc) is 3.17. The number of carbonyl (C=O) groups excluding carboxylic acids is 2. The molecule has 6 nitrogen and oxygen atoms in total. The third-order valence-electron chi connectivity index (χ3n) is 4.60. The Morgan fingerprint density at radius 3 is 2.78 bits per heavy atom. The van der Waals surface area contributed by atoms with Gasteiger partial charge in [-0.25, -0.2) is 4.79 Å². The van der Waals surface area contributed by atoms with E-state index in [4.69, 9.17) is 4.74 Å². The summed E-state index contributed by atoms with van der Waals surface area (Å²) in [5, 5.41) is 5.65. The molecule has 3 amide bonds. The summed E-state index contributed by atoms with van der Waals surface area (Å²) in [5.74, 6) is -0.0168. The highest BCUT2D eigenvalue weighted by Crippen LogP contribution is 2.32. The van der Waals surface area contributed by atoms with Crippen LogP contribution in [0.5, 0.6) is 0 Å². The second-order valence-corrected chi connectivity index (χ2v) is 6.16. The van der Waals surface area contributed by atoms with Crippen LogP contribution >= 0.6 is 0 Å². The van der Waals surface area contributed by atoms with Crippen LogP contribution in [0.2, 0.25) is 0 Å². The van der Waals surface area contributed by atoms with Gasteiger partial charge in [-0.15, -0.1) is 0 Å². The molecule has 1 fully saturated rings. The minimum Gasteiger partial charge on any atom is -0.376 e.